The Morgan fingerprint density at radius 2 is 1.95 bits per heavy atom. The highest BCUT2D eigenvalue weighted by Gasteiger charge is 2.38. The summed E-state index contributed by atoms with van der Waals surface area (Å²) in [7, 11) is 0. The van der Waals surface area contributed by atoms with E-state index >= 15 is 0 Å². The molecule has 0 unspecified atom stereocenters. The molecule has 0 saturated carbocycles. The molecule has 0 radical (unpaired) electrons. The van der Waals surface area contributed by atoms with Gasteiger partial charge in [-0.15, -0.1) is 0 Å². The second-order valence-corrected chi connectivity index (χ2v) is 7.32. The Balaban J connectivity index is 2.55. The molecule has 1 heterocycles. The molecule has 1 aromatic rings. The van der Waals surface area contributed by atoms with Gasteiger partial charge < -0.3 is 9.84 Å². The molecule has 0 fully saturated rings. The van der Waals surface area contributed by atoms with Gasteiger partial charge >= 0.3 is 6.09 Å². The summed E-state index contributed by atoms with van der Waals surface area (Å²) in [6, 6.07) is 5.87. The number of aryl methyl sites for hydroxylation is 1. The summed E-state index contributed by atoms with van der Waals surface area (Å²) >= 11 is 0. The van der Waals surface area contributed by atoms with E-state index < -0.39 is 11.1 Å². The maximum absolute atomic E-state index is 12.7. The zero-order valence-corrected chi connectivity index (χ0v) is 14.2. The number of nitrogens with zero attached hydrogens (tertiary/aromatic N) is 1. The van der Waals surface area contributed by atoms with Crippen LogP contribution in [0.1, 0.15) is 45.7 Å². The zero-order chi connectivity index (χ0) is 16.7. The summed E-state index contributed by atoms with van der Waals surface area (Å²) in [6.45, 7) is 11.4. The molecule has 120 valence electrons. The van der Waals surface area contributed by atoms with Crippen molar-refractivity contribution in [1.29, 1.82) is 0 Å². The molecule has 0 aliphatic carbocycles. The van der Waals surface area contributed by atoms with E-state index in [4.69, 9.17) is 4.74 Å². The lowest BCUT2D eigenvalue weighted by Crippen LogP contribution is -2.51. The van der Waals surface area contributed by atoms with Crippen LogP contribution in [0.4, 0.5) is 10.5 Å². The molecule has 1 aliphatic heterocycles. The quantitative estimate of drug-likeness (QED) is 0.856. The molecular formula is C18H25NO3. The van der Waals surface area contributed by atoms with Gasteiger partial charge in [0, 0.05) is 5.56 Å². The van der Waals surface area contributed by atoms with Crippen molar-refractivity contribution in [2.45, 2.75) is 52.7 Å². The first-order valence-electron chi connectivity index (χ1n) is 7.52. The lowest BCUT2D eigenvalue weighted by molar-refractivity contribution is 0.0556. The number of aliphatic hydroxyl groups is 1. The van der Waals surface area contributed by atoms with Crippen molar-refractivity contribution >= 4 is 17.4 Å². The lowest BCUT2D eigenvalue weighted by atomic mass is 9.88. The molecule has 1 N–H and O–H groups in total. The largest absolute Gasteiger partial charge is 0.443 e. The van der Waals surface area contributed by atoms with Gasteiger partial charge in [0.2, 0.25) is 0 Å². The summed E-state index contributed by atoms with van der Waals surface area (Å²) in [5, 5.41) is 9.67. The van der Waals surface area contributed by atoms with E-state index in [1.54, 1.807) is 4.90 Å². The number of fused-ring (bicyclic) bond motifs is 1. The topological polar surface area (TPSA) is 49.8 Å². The molecule has 2 rings (SSSR count). The molecule has 0 atom stereocenters. The highest BCUT2D eigenvalue weighted by Crippen LogP contribution is 2.40. The van der Waals surface area contributed by atoms with Crippen LogP contribution < -0.4 is 4.90 Å². The van der Waals surface area contributed by atoms with Crippen molar-refractivity contribution in [2.75, 3.05) is 11.5 Å². The van der Waals surface area contributed by atoms with E-state index in [2.05, 4.69) is 0 Å². The highest BCUT2D eigenvalue weighted by atomic mass is 16.6. The Hall–Kier alpha value is -1.81. The molecule has 1 aromatic carbocycles. The van der Waals surface area contributed by atoms with E-state index in [-0.39, 0.29) is 12.7 Å². The Bertz CT molecular complexity index is 624. The van der Waals surface area contributed by atoms with Crippen LogP contribution in [0.3, 0.4) is 0 Å². The Morgan fingerprint density at radius 1 is 1.32 bits per heavy atom. The third-order valence-electron chi connectivity index (χ3n) is 3.59. The lowest BCUT2D eigenvalue weighted by Gasteiger charge is -2.42. The van der Waals surface area contributed by atoms with Crippen LogP contribution in [0.25, 0.3) is 5.57 Å². The number of amides is 1. The normalized spacial score (nSPS) is 16.9. The molecule has 4 heteroatoms. The molecular weight excluding hydrogens is 278 g/mol. The maximum atomic E-state index is 12.7. The van der Waals surface area contributed by atoms with Crippen molar-refractivity contribution < 1.29 is 14.6 Å². The standard InChI is InChI=1S/C18H25NO3/c1-12-7-8-15-14(9-12)13(11-20)10-18(5,6)19(15)16(21)22-17(2,3)4/h7-10,20H,11H2,1-6H3. The SMILES string of the molecule is Cc1ccc2c(c1)C(CO)=CC(C)(C)N2C(=O)OC(C)(C)C. The fraction of sp³-hybridized carbons (Fsp3) is 0.500. The van der Waals surface area contributed by atoms with Gasteiger partial charge in [0.1, 0.15) is 5.60 Å². The fourth-order valence-electron chi connectivity index (χ4n) is 2.75. The maximum Gasteiger partial charge on any atom is 0.415 e. The number of carbonyl (C=O) groups excluding carboxylic acids is 1. The third kappa shape index (κ3) is 3.17. The van der Waals surface area contributed by atoms with Gasteiger partial charge in [0.05, 0.1) is 17.8 Å². The molecule has 0 saturated heterocycles. The van der Waals surface area contributed by atoms with Gasteiger partial charge in [-0.05, 0) is 59.2 Å². The number of hydrogen-bond donors (Lipinski definition) is 1. The first kappa shape index (κ1) is 16.6. The number of ether oxygens (including phenoxy) is 1. The van der Waals surface area contributed by atoms with Crippen molar-refractivity contribution in [3.8, 4) is 0 Å². The molecule has 1 amide bonds. The minimum absolute atomic E-state index is 0.0535. The summed E-state index contributed by atoms with van der Waals surface area (Å²) in [4.78, 5) is 14.3. The minimum Gasteiger partial charge on any atom is -0.443 e. The number of hydrogen-bond acceptors (Lipinski definition) is 3. The molecule has 0 aromatic heterocycles. The average molecular weight is 303 g/mol. The summed E-state index contributed by atoms with van der Waals surface area (Å²) in [5.74, 6) is 0. The predicted molar refractivity (Wildman–Crippen MR) is 89.0 cm³/mol. The summed E-state index contributed by atoms with van der Waals surface area (Å²) in [6.07, 6.45) is 1.55. The van der Waals surface area contributed by atoms with Gasteiger partial charge in [-0.2, -0.15) is 0 Å². The van der Waals surface area contributed by atoms with Gasteiger partial charge in [0.15, 0.2) is 0 Å². The van der Waals surface area contributed by atoms with Gasteiger partial charge in [-0.3, -0.25) is 4.90 Å². The van der Waals surface area contributed by atoms with Crippen LogP contribution in [0.2, 0.25) is 0 Å². The molecule has 1 aliphatic rings. The van der Waals surface area contributed by atoms with E-state index in [0.717, 1.165) is 22.4 Å². The molecule has 22 heavy (non-hydrogen) atoms. The van der Waals surface area contributed by atoms with Crippen LogP contribution in [-0.2, 0) is 4.74 Å². The van der Waals surface area contributed by atoms with Crippen LogP contribution in [0, 0.1) is 6.92 Å². The second-order valence-electron chi connectivity index (χ2n) is 7.32. The number of carbonyl (C=O) groups is 1. The number of aliphatic hydroxyl groups excluding tert-OH is 1. The number of rotatable bonds is 1. The first-order chi connectivity index (χ1) is 10.0. The van der Waals surface area contributed by atoms with Crippen molar-refractivity contribution in [1.82, 2.24) is 0 Å². The summed E-state index contributed by atoms with van der Waals surface area (Å²) < 4.78 is 5.56. The van der Waals surface area contributed by atoms with Gasteiger partial charge in [-0.1, -0.05) is 17.7 Å². The molecule has 0 spiro atoms. The third-order valence-corrected chi connectivity index (χ3v) is 3.59. The van der Waals surface area contributed by atoms with E-state index in [1.807, 2.05) is 65.8 Å². The smallest absolute Gasteiger partial charge is 0.415 e. The Morgan fingerprint density at radius 3 is 2.50 bits per heavy atom. The molecule has 0 bridgehead atoms. The van der Waals surface area contributed by atoms with Crippen molar-refractivity contribution in [2.24, 2.45) is 0 Å². The van der Waals surface area contributed by atoms with Crippen molar-refractivity contribution in [3.05, 3.63) is 35.4 Å². The minimum atomic E-state index is -0.567. The predicted octanol–water partition coefficient (Wildman–Crippen LogP) is 3.90. The van der Waals surface area contributed by atoms with Crippen LogP contribution >= 0.6 is 0 Å². The van der Waals surface area contributed by atoms with Crippen molar-refractivity contribution in [3.63, 3.8) is 0 Å². The van der Waals surface area contributed by atoms with Crippen LogP contribution in [-0.4, -0.2) is 28.9 Å². The average Bonchev–Trinajstić information content (AvgIpc) is 2.35. The van der Waals surface area contributed by atoms with Gasteiger partial charge in [0.25, 0.3) is 0 Å². The van der Waals surface area contributed by atoms with E-state index in [1.165, 1.54) is 0 Å². The van der Waals surface area contributed by atoms with E-state index in [0.29, 0.717) is 0 Å². The Labute approximate surface area is 132 Å². The van der Waals surface area contributed by atoms with E-state index in [9.17, 15) is 9.90 Å². The summed E-state index contributed by atoms with van der Waals surface area (Å²) in [5.41, 5.74) is 2.45. The second kappa shape index (κ2) is 5.43. The van der Waals surface area contributed by atoms with Gasteiger partial charge in [-0.25, -0.2) is 4.79 Å². The Kier molecular flexibility index (Phi) is 4.09. The monoisotopic (exact) mass is 303 g/mol. The van der Waals surface area contributed by atoms with Crippen LogP contribution in [0.15, 0.2) is 24.3 Å². The fourth-order valence-corrected chi connectivity index (χ4v) is 2.75. The molecule has 4 nitrogen and oxygen atoms in total. The number of benzene rings is 1. The number of anilines is 1. The highest BCUT2D eigenvalue weighted by molar-refractivity contribution is 5.97. The van der Waals surface area contributed by atoms with Crippen LogP contribution in [0.5, 0.6) is 0 Å². The zero-order valence-electron chi connectivity index (χ0n) is 14.2. The first-order valence-corrected chi connectivity index (χ1v) is 7.52.